The molecule has 1 saturated carbocycles. The van der Waals surface area contributed by atoms with E-state index in [1.54, 1.807) is 0 Å². The van der Waals surface area contributed by atoms with E-state index in [9.17, 15) is 4.79 Å². The first-order valence-electron chi connectivity index (χ1n) is 7.38. The molecular formula is C15H19N5O. The summed E-state index contributed by atoms with van der Waals surface area (Å²) >= 11 is 0. The van der Waals surface area contributed by atoms with Gasteiger partial charge in [-0.2, -0.15) is 0 Å². The number of benzene rings is 1. The van der Waals surface area contributed by atoms with E-state index in [1.807, 2.05) is 42.8 Å². The number of carbonyl (C=O) groups is 1. The molecule has 21 heavy (non-hydrogen) atoms. The lowest BCUT2D eigenvalue weighted by molar-refractivity contribution is -0.119. The Kier molecular flexibility index (Phi) is 3.68. The quantitative estimate of drug-likeness (QED) is 0.916. The van der Waals surface area contributed by atoms with Crippen molar-refractivity contribution < 1.29 is 4.79 Å². The highest BCUT2D eigenvalue weighted by atomic mass is 16.1. The molecule has 0 bridgehead atoms. The normalized spacial score (nSPS) is 15.7. The van der Waals surface area contributed by atoms with E-state index in [-0.39, 0.29) is 11.8 Å². The number of aromatic nitrogens is 4. The van der Waals surface area contributed by atoms with Crippen molar-refractivity contribution in [2.75, 3.05) is 5.32 Å². The Morgan fingerprint density at radius 2 is 2.29 bits per heavy atom. The second kappa shape index (κ2) is 5.63. The van der Waals surface area contributed by atoms with Gasteiger partial charge in [0.25, 0.3) is 0 Å². The molecule has 1 unspecified atom stereocenters. The van der Waals surface area contributed by atoms with Gasteiger partial charge < -0.3 is 5.32 Å². The fraction of sp³-hybridized carbons (Fsp3) is 0.467. The minimum absolute atomic E-state index is 0.00504. The standard InChI is InChI=1S/C15H19N5O/c1-3-10(2)15(21)16-12-6-4-5-11(9-12)14-17-18-19-20(14)13-7-8-13/h4-6,9-10,13H,3,7-8H2,1-2H3,(H,16,21). The van der Waals surface area contributed by atoms with Crippen molar-refractivity contribution in [1.82, 2.24) is 20.2 Å². The molecule has 0 spiro atoms. The third-order valence-corrected chi connectivity index (χ3v) is 3.83. The fourth-order valence-electron chi connectivity index (χ4n) is 2.14. The van der Waals surface area contributed by atoms with E-state index in [0.717, 1.165) is 36.3 Å². The maximum Gasteiger partial charge on any atom is 0.227 e. The lowest BCUT2D eigenvalue weighted by Crippen LogP contribution is -2.19. The van der Waals surface area contributed by atoms with Crippen LogP contribution < -0.4 is 5.32 Å². The molecule has 1 aliphatic carbocycles. The van der Waals surface area contributed by atoms with Crippen LogP contribution in [0.3, 0.4) is 0 Å². The molecule has 1 fully saturated rings. The second-order valence-electron chi connectivity index (χ2n) is 5.56. The molecule has 3 rings (SSSR count). The molecule has 1 heterocycles. The molecule has 1 atom stereocenters. The van der Waals surface area contributed by atoms with Gasteiger partial charge >= 0.3 is 0 Å². The van der Waals surface area contributed by atoms with Gasteiger partial charge in [-0.05, 0) is 41.8 Å². The zero-order valence-corrected chi connectivity index (χ0v) is 12.3. The smallest absolute Gasteiger partial charge is 0.227 e. The number of tetrazole rings is 1. The summed E-state index contributed by atoms with van der Waals surface area (Å²) in [5.74, 6) is 0.805. The van der Waals surface area contributed by atoms with Gasteiger partial charge in [-0.25, -0.2) is 4.68 Å². The van der Waals surface area contributed by atoms with Crippen LogP contribution >= 0.6 is 0 Å². The van der Waals surface area contributed by atoms with Gasteiger partial charge in [-0.1, -0.05) is 26.0 Å². The molecule has 6 nitrogen and oxygen atoms in total. The van der Waals surface area contributed by atoms with Crippen molar-refractivity contribution in [2.45, 2.75) is 39.2 Å². The van der Waals surface area contributed by atoms with E-state index in [4.69, 9.17) is 0 Å². The minimum Gasteiger partial charge on any atom is -0.326 e. The molecule has 1 N–H and O–H groups in total. The van der Waals surface area contributed by atoms with E-state index in [0.29, 0.717) is 6.04 Å². The summed E-state index contributed by atoms with van der Waals surface area (Å²) in [6.07, 6.45) is 3.08. The minimum atomic E-state index is 0.00504. The number of hydrogen-bond donors (Lipinski definition) is 1. The number of nitrogens with one attached hydrogen (secondary N) is 1. The van der Waals surface area contributed by atoms with Crippen LogP contribution in [0.4, 0.5) is 5.69 Å². The lowest BCUT2D eigenvalue weighted by Gasteiger charge is -2.11. The average Bonchev–Trinajstić information content (AvgIpc) is 3.23. The Morgan fingerprint density at radius 3 is 3.00 bits per heavy atom. The molecule has 0 radical (unpaired) electrons. The first-order valence-corrected chi connectivity index (χ1v) is 7.38. The van der Waals surface area contributed by atoms with Gasteiger partial charge in [0.2, 0.25) is 5.91 Å². The number of hydrogen-bond acceptors (Lipinski definition) is 4. The molecule has 0 aliphatic heterocycles. The van der Waals surface area contributed by atoms with Crippen molar-refractivity contribution >= 4 is 11.6 Å². The highest BCUT2D eigenvalue weighted by molar-refractivity contribution is 5.92. The van der Waals surface area contributed by atoms with E-state index < -0.39 is 0 Å². The molecule has 0 saturated heterocycles. The van der Waals surface area contributed by atoms with Crippen LogP contribution in [0.2, 0.25) is 0 Å². The lowest BCUT2D eigenvalue weighted by atomic mass is 10.1. The monoisotopic (exact) mass is 285 g/mol. The van der Waals surface area contributed by atoms with Crippen LogP contribution in [-0.4, -0.2) is 26.1 Å². The van der Waals surface area contributed by atoms with Crippen LogP contribution in [0.1, 0.15) is 39.2 Å². The summed E-state index contributed by atoms with van der Waals surface area (Å²) in [7, 11) is 0. The highest BCUT2D eigenvalue weighted by Crippen LogP contribution is 2.36. The Hall–Kier alpha value is -2.24. The van der Waals surface area contributed by atoms with E-state index in [1.165, 1.54) is 0 Å². The first kappa shape index (κ1) is 13.7. The number of anilines is 1. The molecule has 1 amide bonds. The van der Waals surface area contributed by atoms with E-state index >= 15 is 0 Å². The average molecular weight is 285 g/mol. The van der Waals surface area contributed by atoms with Crippen molar-refractivity contribution in [2.24, 2.45) is 5.92 Å². The van der Waals surface area contributed by atoms with Crippen molar-refractivity contribution in [3.8, 4) is 11.4 Å². The topological polar surface area (TPSA) is 72.7 Å². The van der Waals surface area contributed by atoms with Gasteiger partial charge in [-0.15, -0.1) is 5.10 Å². The van der Waals surface area contributed by atoms with Gasteiger partial charge in [-0.3, -0.25) is 4.79 Å². The largest absolute Gasteiger partial charge is 0.326 e. The third-order valence-electron chi connectivity index (χ3n) is 3.83. The molecular weight excluding hydrogens is 266 g/mol. The number of rotatable bonds is 5. The number of carbonyl (C=O) groups excluding carboxylic acids is 1. The van der Waals surface area contributed by atoms with Crippen LogP contribution in [0.15, 0.2) is 24.3 Å². The molecule has 1 aliphatic rings. The Labute approximate surface area is 123 Å². The Balaban J connectivity index is 1.83. The summed E-state index contributed by atoms with van der Waals surface area (Å²) in [6, 6.07) is 8.10. The molecule has 1 aromatic heterocycles. The fourth-order valence-corrected chi connectivity index (χ4v) is 2.14. The molecule has 2 aromatic rings. The molecule has 110 valence electrons. The van der Waals surface area contributed by atoms with Crippen molar-refractivity contribution in [3.63, 3.8) is 0 Å². The summed E-state index contributed by atoms with van der Waals surface area (Å²) < 4.78 is 1.87. The first-order chi connectivity index (χ1) is 10.2. The SMILES string of the molecule is CCC(C)C(=O)Nc1cccc(-c2nnnn2C2CC2)c1. The predicted octanol–water partition coefficient (Wildman–Crippen LogP) is 2.66. The summed E-state index contributed by atoms with van der Waals surface area (Å²) in [6.45, 7) is 3.93. The number of amides is 1. The summed E-state index contributed by atoms with van der Waals surface area (Å²) in [5.41, 5.74) is 1.71. The zero-order valence-electron chi connectivity index (χ0n) is 12.3. The second-order valence-corrected chi connectivity index (χ2v) is 5.56. The Morgan fingerprint density at radius 1 is 1.48 bits per heavy atom. The predicted molar refractivity (Wildman–Crippen MR) is 79.6 cm³/mol. The highest BCUT2D eigenvalue weighted by Gasteiger charge is 2.28. The van der Waals surface area contributed by atoms with E-state index in [2.05, 4.69) is 20.8 Å². The van der Waals surface area contributed by atoms with Crippen molar-refractivity contribution in [1.29, 1.82) is 0 Å². The Bertz CT molecular complexity index is 647. The summed E-state index contributed by atoms with van der Waals surface area (Å²) in [5, 5.41) is 14.9. The van der Waals surface area contributed by atoms with Crippen LogP contribution in [0.5, 0.6) is 0 Å². The maximum atomic E-state index is 12.0. The third kappa shape index (κ3) is 2.94. The van der Waals surface area contributed by atoms with Gasteiger partial charge in [0.15, 0.2) is 5.82 Å². The van der Waals surface area contributed by atoms with Gasteiger partial charge in [0.1, 0.15) is 0 Å². The number of nitrogens with zero attached hydrogens (tertiary/aromatic N) is 4. The van der Waals surface area contributed by atoms with Gasteiger partial charge in [0, 0.05) is 17.2 Å². The summed E-state index contributed by atoms with van der Waals surface area (Å²) in [4.78, 5) is 12.0. The van der Waals surface area contributed by atoms with Crippen LogP contribution in [-0.2, 0) is 4.79 Å². The van der Waals surface area contributed by atoms with Gasteiger partial charge in [0.05, 0.1) is 6.04 Å². The van der Waals surface area contributed by atoms with Crippen molar-refractivity contribution in [3.05, 3.63) is 24.3 Å². The molecule has 6 heteroatoms. The molecule has 1 aromatic carbocycles. The van der Waals surface area contributed by atoms with Crippen LogP contribution in [0.25, 0.3) is 11.4 Å². The maximum absolute atomic E-state index is 12.0. The van der Waals surface area contributed by atoms with Crippen LogP contribution in [0, 0.1) is 5.92 Å². The zero-order chi connectivity index (χ0) is 14.8.